The molecule has 2 saturated heterocycles. The molecule has 2 N–H and O–H groups in total. The van der Waals surface area contributed by atoms with E-state index in [1.807, 2.05) is 18.7 Å². The highest BCUT2D eigenvalue weighted by Crippen LogP contribution is 2.34. The van der Waals surface area contributed by atoms with Gasteiger partial charge in [-0.25, -0.2) is 0 Å². The quantitative estimate of drug-likeness (QED) is 0.831. The van der Waals surface area contributed by atoms with Crippen molar-refractivity contribution in [1.29, 1.82) is 0 Å². The first-order valence-corrected chi connectivity index (χ1v) is 9.40. The highest BCUT2D eigenvalue weighted by molar-refractivity contribution is 5.83. The van der Waals surface area contributed by atoms with E-state index >= 15 is 0 Å². The Labute approximate surface area is 139 Å². The Balaban J connectivity index is 1.48. The van der Waals surface area contributed by atoms with Crippen LogP contribution in [-0.2, 0) is 9.59 Å². The van der Waals surface area contributed by atoms with Crippen LogP contribution in [0.5, 0.6) is 0 Å². The molecule has 0 aromatic rings. The molecule has 3 fully saturated rings. The Bertz CT molecular complexity index is 430. The van der Waals surface area contributed by atoms with Crippen molar-refractivity contribution in [3.05, 3.63) is 0 Å². The van der Waals surface area contributed by atoms with Gasteiger partial charge in [0.1, 0.15) is 0 Å². The van der Waals surface area contributed by atoms with Gasteiger partial charge in [-0.2, -0.15) is 0 Å². The lowest BCUT2D eigenvalue weighted by Crippen LogP contribution is -2.50. The monoisotopic (exact) mass is 321 g/mol. The zero-order valence-corrected chi connectivity index (χ0v) is 14.5. The Morgan fingerprint density at radius 3 is 2.43 bits per heavy atom. The summed E-state index contributed by atoms with van der Waals surface area (Å²) in [6, 6.07) is 0.768. The first-order chi connectivity index (χ1) is 11.0. The fourth-order valence-corrected chi connectivity index (χ4v) is 4.50. The van der Waals surface area contributed by atoms with Crippen molar-refractivity contribution in [1.82, 2.24) is 15.5 Å². The molecule has 3 atom stereocenters. The molecule has 23 heavy (non-hydrogen) atoms. The van der Waals surface area contributed by atoms with Crippen LogP contribution >= 0.6 is 0 Å². The smallest absolute Gasteiger partial charge is 0.239 e. The molecule has 0 radical (unpaired) electrons. The minimum absolute atomic E-state index is 0.0177. The van der Waals surface area contributed by atoms with Gasteiger partial charge in [-0.05, 0) is 51.9 Å². The van der Waals surface area contributed by atoms with E-state index in [0.717, 1.165) is 32.4 Å². The van der Waals surface area contributed by atoms with Crippen molar-refractivity contribution < 1.29 is 9.59 Å². The van der Waals surface area contributed by atoms with Crippen LogP contribution in [0.1, 0.15) is 58.8 Å². The molecule has 3 aliphatic rings. The summed E-state index contributed by atoms with van der Waals surface area (Å²) >= 11 is 0. The van der Waals surface area contributed by atoms with Gasteiger partial charge in [0.05, 0.1) is 6.04 Å². The van der Waals surface area contributed by atoms with Gasteiger partial charge in [-0.1, -0.05) is 12.8 Å². The van der Waals surface area contributed by atoms with Gasteiger partial charge >= 0.3 is 0 Å². The molecule has 0 unspecified atom stereocenters. The molecule has 1 aliphatic carbocycles. The van der Waals surface area contributed by atoms with Crippen LogP contribution < -0.4 is 10.6 Å². The third-order valence-electron chi connectivity index (χ3n) is 5.77. The molecular formula is C18H31N3O2. The summed E-state index contributed by atoms with van der Waals surface area (Å²) < 4.78 is 0. The average molecular weight is 321 g/mol. The summed E-state index contributed by atoms with van der Waals surface area (Å²) in [5, 5.41) is 6.57. The topological polar surface area (TPSA) is 61.4 Å². The second-order valence-electron chi connectivity index (χ2n) is 7.87. The largest absolute Gasteiger partial charge is 0.354 e. The molecule has 0 spiro atoms. The number of hydrogen-bond donors (Lipinski definition) is 2. The molecule has 2 amide bonds. The normalized spacial score (nSPS) is 32.0. The Morgan fingerprint density at radius 1 is 1.09 bits per heavy atom. The van der Waals surface area contributed by atoms with Gasteiger partial charge in [-0.3, -0.25) is 9.59 Å². The molecule has 3 rings (SSSR count). The molecule has 130 valence electrons. The van der Waals surface area contributed by atoms with Crippen LogP contribution in [0, 0.1) is 11.8 Å². The number of hydrogen-bond acceptors (Lipinski definition) is 3. The zero-order chi connectivity index (χ0) is 16.4. The summed E-state index contributed by atoms with van der Waals surface area (Å²) in [7, 11) is 0. The number of nitrogens with one attached hydrogen (secondary N) is 2. The third-order valence-corrected chi connectivity index (χ3v) is 5.77. The van der Waals surface area contributed by atoms with E-state index in [9.17, 15) is 9.59 Å². The highest BCUT2D eigenvalue weighted by atomic mass is 16.2. The van der Waals surface area contributed by atoms with Gasteiger partial charge in [0, 0.05) is 31.1 Å². The highest BCUT2D eigenvalue weighted by Gasteiger charge is 2.40. The Kier molecular flexibility index (Phi) is 5.24. The van der Waals surface area contributed by atoms with Crippen LogP contribution in [0.2, 0.25) is 0 Å². The third kappa shape index (κ3) is 3.87. The first-order valence-electron chi connectivity index (χ1n) is 9.40. The molecule has 1 saturated carbocycles. The van der Waals surface area contributed by atoms with Crippen molar-refractivity contribution in [3.8, 4) is 0 Å². The summed E-state index contributed by atoms with van der Waals surface area (Å²) in [5.41, 5.74) is 0. The number of piperidine rings is 1. The number of amides is 2. The lowest BCUT2D eigenvalue weighted by atomic mass is 9.85. The molecule has 2 aliphatic heterocycles. The van der Waals surface area contributed by atoms with Crippen molar-refractivity contribution in [2.45, 2.75) is 76.9 Å². The molecule has 0 aromatic carbocycles. The Hall–Kier alpha value is -1.10. The lowest BCUT2D eigenvalue weighted by Gasteiger charge is -2.33. The molecule has 0 bridgehead atoms. The molecule has 2 heterocycles. The maximum atomic E-state index is 12.8. The van der Waals surface area contributed by atoms with Gasteiger partial charge in [0.25, 0.3) is 0 Å². The summed E-state index contributed by atoms with van der Waals surface area (Å²) in [6.07, 6.45) is 7.72. The van der Waals surface area contributed by atoms with E-state index in [4.69, 9.17) is 0 Å². The Morgan fingerprint density at radius 2 is 1.78 bits per heavy atom. The van der Waals surface area contributed by atoms with Crippen molar-refractivity contribution >= 4 is 11.8 Å². The van der Waals surface area contributed by atoms with Crippen LogP contribution in [0.15, 0.2) is 0 Å². The van der Waals surface area contributed by atoms with Crippen LogP contribution in [0.4, 0.5) is 0 Å². The van der Waals surface area contributed by atoms with Crippen LogP contribution in [-0.4, -0.2) is 47.9 Å². The standard InChI is InChI=1S/C18H31N3O2/c1-12(2)19-17(22)13-7-9-21(10-8-13)18(23)16-11-14-5-3-4-6-15(14)20-16/h12-16,20H,3-11H2,1-2H3,(H,19,22)/t14-,15+,16+/m1/s1. The van der Waals surface area contributed by atoms with Gasteiger partial charge in [0.15, 0.2) is 0 Å². The van der Waals surface area contributed by atoms with E-state index in [1.54, 1.807) is 0 Å². The fourth-order valence-electron chi connectivity index (χ4n) is 4.50. The number of nitrogens with zero attached hydrogens (tertiary/aromatic N) is 1. The number of likely N-dealkylation sites (tertiary alicyclic amines) is 1. The number of fused-ring (bicyclic) bond motifs is 1. The van der Waals surface area contributed by atoms with E-state index in [1.165, 1.54) is 25.7 Å². The fraction of sp³-hybridized carbons (Fsp3) is 0.889. The van der Waals surface area contributed by atoms with E-state index < -0.39 is 0 Å². The number of carbonyl (C=O) groups is 2. The maximum Gasteiger partial charge on any atom is 0.239 e. The minimum Gasteiger partial charge on any atom is -0.354 e. The average Bonchev–Trinajstić information content (AvgIpc) is 2.97. The van der Waals surface area contributed by atoms with Crippen LogP contribution in [0.25, 0.3) is 0 Å². The summed E-state index contributed by atoms with van der Waals surface area (Å²) in [6.45, 7) is 5.43. The molecule has 5 nitrogen and oxygen atoms in total. The van der Waals surface area contributed by atoms with E-state index in [2.05, 4.69) is 10.6 Å². The molecule has 0 aromatic heterocycles. The minimum atomic E-state index is 0.0177. The van der Waals surface area contributed by atoms with E-state index in [0.29, 0.717) is 12.0 Å². The van der Waals surface area contributed by atoms with Crippen molar-refractivity contribution in [2.75, 3.05) is 13.1 Å². The number of carbonyl (C=O) groups excluding carboxylic acids is 2. The zero-order valence-electron chi connectivity index (χ0n) is 14.5. The van der Waals surface area contributed by atoms with Crippen LogP contribution in [0.3, 0.4) is 0 Å². The van der Waals surface area contributed by atoms with Gasteiger partial charge in [0.2, 0.25) is 11.8 Å². The maximum absolute atomic E-state index is 12.8. The molecule has 5 heteroatoms. The summed E-state index contributed by atoms with van der Waals surface area (Å²) in [5.74, 6) is 1.19. The molecular weight excluding hydrogens is 290 g/mol. The summed E-state index contributed by atoms with van der Waals surface area (Å²) in [4.78, 5) is 26.8. The van der Waals surface area contributed by atoms with Gasteiger partial charge in [-0.15, -0.1) is 0 Å². The number of rotatable bonds is 3. The second kappa shape index (κ2) is 7.20. The van der Waals surface area contributed by atoms with Crippen molar-refractivity contribution in [3.63, 3.8) is 0 Å². The predicted octanol–water partition coefficient (Wildman–Crippen LogP) is 1.67. The second-order valence-corrected chi connectivity index (χ2v) is 7.87. The lowest BCUT2D eigenvalue weighted by molar-refractivity contribution is -0.137. The van der Waals surface area contributed by atoms with Crippen molar-refractivity contribution in [2.24, 2.45) is 11.8 Å². The predicted molar refractivity (Wildman–Crippen MR) is 89.9 cm³/mol. The first kappa shape index (κ1) is 16.7. The van der Waals surface area contributed by atoms with E-state index in [-0.39, 0.29) is 29.8 Å². The SMILES string of the molecule is CC(C)NC(=O)C1CCN(C(=O)[C@@H]2C[C@H]3CCCC[C@@H]3N2)CC1. The van der Waals surface area contributed by atoms with Gasteiger partial charge < -0.3 is 15.5 Å².